The number of hydrogen-bond acceptors (Lipinski definition) is 3. The number of amides is 2. The van der Waals surface area contributed by atoms with Crippen LogP contribution >= 0.6 is 24.0 Å². The number of carbonyl (C=O) groups is 2. The second kappa shape index (κ2) is 12.1. The first-order chi connectivity index (χ1) is 13.4. The largest absolute Gasteiger partial charge is 0.355 e. The van der Waals surface area contributed by atoms with Crippen LogP contribution < -0.4 is 16.0 Å². The highest BCUT2D eigenvalue weighted by Crippen LogP contribution is 2.07. The molecule has 7 nitrogen and oxygen atoms in total. The molecule has 8 heteroatoms. The van der Waals surface area contributed by atoms with Gasteiger partial charge in [0.25, 0.3) is 11.8 Å². The van der Waals surface area contributed by atoms with Gasteiger partial charge in [-0.3, -0.25) is 14.6 Å². The third-order valence-corrected chi connectivity index (χ3v) is 4.19. The summed E-state index contributed by atoms with van der Waals surface area (Å²) in [6, 6.07) is 14.9. The lowest BCUT2D eigenvalue weighted by Crippen LogP contribution is -2.36. The van der Waals surface area contributed by atoms with Gasteiger partial charge >= 0.3 is 0 Å². The zero-order valence-corrected chi connectivity index (χ0v) is 19.5. The molecule has 0 aliphatic rings. The fraction of sp³-hybridized carbons (Fsp3) is 0.286. The summed E-state index contributed by atoms with van der Waals surface area (Å²) in [5, 5.41) is 9.09. The Morgan fingerprint density at radius 3 is 1.69 bits per heavy atom. The van der Waals surface area contributed by atoms with Gasteiger partial charge in [-0.25, -0.2) is 0 Å². The van der Waals surface area contributed by atoms with E-state index in [9.17, 15) is 9.59 Å². The van der Waals surface area contributed by atoms with Crippen molar-refractivity contribution in [1.82, 2.24) is 20.9 Å². The highest BCUT2D eigenvalue weighted by Gasteiger charge is 2.07. The number of rotatable bonds is 6. The molecule has 2 aromatic rings. The van der Waals surface area contributed by atoms with E-state index in [-0.39, 0.29) is 35.8 Å². The molecule has 0 spiro atoms. The van der Waals surface area contributed by atoms with Crippen LogP contribution in [0.4, 0.5) is 0 Å². The molecule has 2 amide bonds. The molecule has 2 rings (SSSR count). The summed E-state index contributed by atoms with van der Waals surface area (Å²) in [5.41, 5.74) is 3.39. The van der Waals surface area contributed by atoms with Gasteiger partial charge in [-0.15, -0.1) is 24.0 Å². The van der Waals surface area contributed by atoms with Crippen molar-refractivity contribution in [2.75, 3.05) is 28.2 Å². The van der Waals surface area contributed by atoms with Crippen molar-refractivity contribution in [3.05, 3.63) is 70.8 Å². The summed E-state index contributed by atoms with van der Waals surface area (Å²) < 4.78 is 0. The summed E-state index contributed by atoms with van der Waals surface area (Å²) in [5.74, 6) is 0.554. The third-order valence-electron chi connectivity index (χ3n) is 4.19. The highest BCUT2D eigenvalue weighted by molar-refractivity contribution is 14.0. The van der Waals surface area contributed by atoms with Gasteiger partial charge in [-0.1, -0.05) is 24.3 Å². The minimum atomic E-state index is -0.102. The van der Waals surface area contributed by atoms with Crippen molar-refractivity contribution in [3.63, 3.8) is 0 Å². The molecule has 156 valence electrons. The number of nitrogens with zero attached hydrogens (tertiary/aromatic N) is 2. The van der Waals surface area contributed by atoms with E-state index in [4.69, 9.17) is 0 Å². The Morgan fingerprint density at radius 2 is 1.31 bits per heavy atom. The first kappa shape index (κ1) is 24.4. The molecule has 0 bridgehead atoms. The minimum absolute atomic E-state index is 0. The van der Waals surface area contributed by atoms with Crippen molar-refractivity contribution >= 4 is 41.8 Å². The average Bonchev–Trinajstić information content (AvgIpc) is 2.73. The van der Waals surface area contributed by atoms with E-state index in [1.165, 1.54) is 0 Å². The van der Waals surface area contributed by atoms with Gasteiger partial charge in [0.1, 0.15) is 0 Å². The van der Waals surface area contributed by atoms with Gasteiger partial charge in [0.15, 0.2) is 5.96 Å². The van der Waals surface area contributed by atoms with Gasteiger partial charge in [-0.05, 0) is 35.4 Å². The van der Waals surface area contributed by atoms with Crippen LogP contribution in [0.15, 0.2) is 53.5 Å². The van der Waals surface area contributed by atoms with Crippen LogP contribution in [0, 0.1) is 0 Å². The molecule has 0 saturated heterocycles. The van der Waals surface area contributed by atoms with Crippen molar-refractivity contribution in [3.8, 4) is 0 Å². The number of hydrogen-bond donors (Lipinski definition) is 3. The van der Waals surface area contributed by atoms with E-state index in [1.54, 1.807) is 45.2 Å². The Labute approximate surface area is 189 Å². The van der Waals surface area contributed by atoms with Crippen LogP contribution in [0.3, 0.4) is 0 Å². The van der Waals surface area contributed by atoms with Crippen LogP contribution in [-0.4, -0.2) is 50.9 Å². The zero-order valence-electron chi connectivity index (χ0n) is 17.2. The quantitative estimate of drug-likeness (QED) is 0.317. The number of benzene rings is 2. The van der Waals surface area contributed by atoms with Gasteiger partial charge in [0, 0.05) is 52.4 Å². The lowest BCUT2D eigenvalue weighted by Gasteiger charge is -2.13. The number of guanidine groups is 1. The maximum atomic E-state index is 11.9. The molecule has 29 heavy (non-hydrogen) atoms. The van der Waals surface area contributed by atoms with E-state index in [2.05, 4.69) is 20.9 Å². The number of nitrogens with one attached hydrogen (secondary N) is 3. The van der Waals surface area contributed by atoms with E-state index in [1.807, 2.05) is 36.4 Å². The van der Waals surface area contributed by atoms with Gasteiger partial charge in [0.2, 0.25) is 0 Å². The Hall–Kier alpha value is -2.62. The molecular formula is C21H28IN5O2. The van der Waals surface area contributed by atoms with Crippen molar-refractivity contribution in [1.29, 1.82) is 0 Å². The van der Waals surface area contributed by atoms with Gasteiger partial charge in [-0.2, -0.15) is 0 Å². The standard InChI is InChI=1S/C21H27N5O2.HI/c1-22-19(27)17-9-5-15(6-10-17)13-24-21(23-2)25-14-16-7-11-18(12-8-16)20(28)26(3)4;/h5-12H,13-14H2,1-4H3,(H,22,27)(H2,23,24,25);1H. The highest BCUT2D eigenvalue weighted by atomic mass is 127. The molecule has 0 radical (unpaired) electrons. The fourth-order valence-corrected chi connectivity index (χ4v) is 2.53. The van der Waals surface area contributed by atoms with Gasteiger partial charge in [0.05, 0.1) is 0 Å². The van der Waals surface area contributed by atoms with E-state index < -0.39 is 0 Å². The summed E-state index contributed by atoms with van der Waals surface area (Å²) in [7, 11) is 6.79. The molecule has 0 aromatic heterocycles. The SMILES string of the molecule is CN=C(NCc1ccc(C(=O)NC)cc1)NCc1ccc(C(=O)N(C)C)cc1.I. The van der Waals surface area contributed by atoms with Crippen LogP contribution in [0.5, 0.6) is 0 Å². The third kappa shape index (κ3) is 7.37. The molecule has 0 atom stereocenters. The van der Waals surface area contributed by atoms with E-state index >= 15 is 0 Å². The normalized spacial score (nSPS) is 10.6. The predicted octanol–water partition coefficient (Wildman–Crippen LogP) is 2.23. The maximum Gasteiger partial charge on any atom is 0.253 e. The molecule has 3 N–H and O–H groups in total. The summed E-state index contributed by atoms with van der Waals surface area (Å²) in [4.78, 5) is 29.3. The number of halogens is 1. The van der Waals surface area contributed by atoms with Crippen LogP contribution in [-0.2, 0) is 13.1 Å². The summed E-state index contributed by atoms with van der Waals surface area (Å²) in [6.07, 6.45) is 0. The second-order valence-electron chi connectivity index (χ2n) is 6.45. The Balaban J connectivity index is 0.00000420. The molecule has 2 aromatic carbocycles. The topological polar surface area (TPSA) is 85.8 Å². The Kier molecular flexibility index (Phi) is 10.1. The molecule has 0 saturated carbocycles. The van der Waals surface area contributed by atoms with Crippen molar-refractivity contribution < 1.29 is 9.59 Å². The zero-order chi connectivity index (χ0) is 20.5. The Bertz CT molecular complexity index is 833. The molecule has 0 aliphatic carbocycles. The number of carbonyl (C=O) groups excluding carboxylic acids is 2. The van der Waals surface area contributed by atoms with Crippen LogP contribution in [0.25, 0.3) is 0 Å². The van der Waals surface area contributed by atoms with Gasteiger partial charge < -0.3 is 20.9 Å². The van der Waals surface area contributed by atoms with E-state index in [0.29, 0.717) is 30.2 Å². The van der Waals surface area contributed by atoms with E-state index in [0.717, 1.165) is 11.1 Å². The minimum Gasteiger partial charge on any atom is -0.355 e. The molecule has 0 heterocycles. The smallest absolute Gasteiger partial charge is 0.253 e. The average molecular weight is 509 g/mol. The molecule has 0 unspecified atom stereocenters. The molecular weight excluding hydrogens is 481 g/mol. The van der Waals surface area contributed by atoms with Crippen LogP contribution in [0.2, 0.25) is 0 Å². The molecule has 0 fully saturated rings. The van der Waals surface area contributed by atoms with Crippen molar-refractivity contribution in [2.24, 2.45) is 4.99 Å². The van der Waals surface area contributed by atoms with Crippen molar-refractivity contribution in [2.45, 2.75) is 13.1 Å². The summed E-state index contributed by atoms with van der Waals surface area (Å²) >= 11 is 0. The second-order valence-corrected chi connectivity index (χ2v) is 6.45. The predicted molar refractivity (Wildman–Crippen MR) is 127 cm³/mol. The first-order valence-corrected chi connectivity index (χ1v) is 9.00. The first-order valence-electron chi connectivity index (χ1n) is 9.00. The number of aliphatic imine (C=N–C) groups is 1. The fourth-order valence-electron chi connectivity index (χ4n) is 2.53. The lowest BCUT2D eigenvalue weighted by atomic mass is 10.1. The monoisotopic (exact) mass is 509 g/mol. The Morgan fingerprint density at radius 1 is 0.862 bits per heavy atom. The van der Waals surface area contributed by atoms with Crippen LogP contribution in [0.1, 0.15) is 31.8 Å². The lowest BCUT2D eigenvalue weighted by molar-refractivity contribution is 0.0827. The maximum absolute atomic E-state index is 11.9. The summed E-state index contributed by atoms with van der Waals surface area (Å²) in [6.45, 7) is 1.18. The molecule has 0 aliphatic heterocycles.